The Bertz CT molecular complexity index is 790. The van der Waals surface area contributed by atoms with Crippen molar-refractivity contribution in [2.45, 2.75) is 44.9 Å². The zero-order valence-electron chi connectivity index (χ0n) is 15.2. The maximum atomic E-state index is 13.0. The second-order valence-electron chi connectivity index (χ2n) is 7.81. The van der Waals surface area contributed by atoms with Crippen LogP contribution in [0.1, 0.15) is 41.9 Å². The molecular formula is C20H26N2O2S. The maximum absolute atomic E-state index is 13.0. The van der Waals surface area contributed by atoms with Gasteiger partial charge in [0.1, 0.15) is 0 Å². The molecule has 5 rings (SSSR count). The van der Waals surface area contributed by atoms with Crippen molar-refractivity contribution in [1.29, 1.82) is 0 Å². The van der Waals surface area contributed by atoms with Gasteiger partial charge in [0.2, 0.25) is 0 Å². The number of methoxy groups -OCH3 is 1. The molecule has 2 bridgehead atoms. The van der Waals surface area contributed by atoms with Gasteiger partial charge in [-0.05, 0) is 62.7 Å². The van der Waals surface area contributed by atoms with Gasteiger partial charge in [-0.15, -0.1) is 11.3 Å². The largest absolute Gasteiger partial charge is 0.380 e. The van der Waals surface area contributed by atoms with Crippen LogP contribution in [0.5, 0.6) is 0 Å². The minimum Gasteiger partial charge on any atom is -0.380 e. The summed E-state index contributed by atoms with van der Waals surface area (Å²) in [4.78, 5) is 16.3. The van der Waals surface area contributed by atoms with Crippen molar-refractivity contribution in [3.05, 3.63) is 34.7 Å². The van der Waals surface area contributed by atoms with Gasteiger partial charge in [0.25, 0.3) is 5.91 Å². The number of amides is 1. The molecule has 0 saturated carbocycles. The molecule has 4 heterocycles. The molecule has 3 aliphatic rings. The molecule has 1 atom stereocenters. The molecule has 25 heavy (non-hydrogen) atoms. The van der Waals surface area contributed by atoms with E-state index in [0.717, 1.165) is 33.6 Å². The number of fused-ring (bicyclic) bond motifs is 4. The number of benzene rings is 1. The van der Waals surface area contributed by atoms with Crippen LogP contribution in [0, 0.1) is 5.92 Å². The summed E-state index contributed by atoms with van der Waals surface area (Å²) in [6, 6.07) is 8.41. The van der Waals surface area contributed by atoms with Crippen LogP contribution >= 0.6 is 11.3 Å². The molecule has 0 spiro atoms. The van der Waals surface area contributed by atoms with Gasteiger partial charge >= 0.3 is 0 Å². The molecule has 3 saturated heterocycles. The highest BCUT2D eigenvalue weighted by Crippen LogP contribution is 2.39. The van der Waals surface area contributed by atoms with Crippen molar-refractivity contribution in [3.63, 3.8) is 0 Å². The Kier molecular flexibility index (Phi) is 4.34. The molecule has 5 heteroatoms. The van der Waals surface area contributed by atoms with E-state index in [1.807, 2.05) is 12.1 Å². The fourth-order valence-corrected chi connectivity index (χ4v) is 5.65. The lowest BCUT2D eigenvalue weighted by Gasteiger charge is -2.56. The van der Waals surface area contributed by atoms with E-state index in [2.05, 4.69) is 36.2 Å². The van der Waals surface area contributed by atoms with Gasteiger partial charge in [0.05, 0.1) is 11.5 Å². The third kappa shape index (κ3) is 2.88. The Balaban J connectivity index is 1.59. The number of rotatable bonds is 4. The molecular weight excluding hydrogens is 332 g/mol. The average Bonchev–Trinajstić information content (AvgIpc) is 3.04. The number of carbonyl (C=O) groups excluding carboxylic acids is 1. The first kappa shape index (κ1) is 17.0. The normalized spacial score (nSPS) is 27.6. The van der Waals surface area contributed by atoms with Crippen molar-refractivity contribution >= 4 is 27.3 Å². The zero-order valence-corrected chi connectivity index (χ0v) is 16.0. The number of carbonyl (C=O) groups is 1. The second kappa shape index (κ2) is 6.38. The maximum Gasteiger partial charge on any atom is 0.261 e. The van der Waals surface area contributed by atoms with Crippen LogP contribution in [0.15, 0.2) is 24.3 Å². The monoisotopic (exact) mass is 358 g/mol. The number of hydrogen-bond acceptors (Lipinski definition) is 4. The molecule has 3 aliphatic heterocycles. The lowest BCUT2D eigenvalue weighted by molar-refractivity contribution is -0.0377. The van der Waals surface area contributed by atoms with E-state index in [0.29, 0.717) is 12.5 Å². The number of ether oxygens (including phenoxy) is 1. The lowest BCUT2D eigenvalue weighted by Crippen LogP contribution is -2.69. The van der Waals surface area contributed by atoms with Gasteiger partial charge in [-0.3, -0.25) is 9.69 Å². The lowest BCUT2D eigenvalue weighted by atomic mass is 9.72. The van der Waals surface area contributed by atoms with Crippen molar-refractivity contribution in [2.75, 3.05) is 20.2 Å². The van der Waals surface area contributed by atoms with Crippen LogP contribution in [0.4, 0.5) is 0 Å². The van der Waals surface area contributed by atoms with Crippen LogP contribution in [0.2, 0.25) is 0 Å². The fraction of sp³-hybridized carbons (Fsp3) is 0.550. The quantitative estimate of drug-likeness (QED) is 0.907. The Morgan fingerprint density at radius 3 is 2.80 bits per heavy atom. The highest BCUT2D eigenvalue weighted by molar-refractivity contribution is 7.21. The Morgan fingerprint density at radius 1 is 1.36 bits per heavy atom. The van der Waals surface area contributed by atoms with Crippen LogP contribution in [0.25, 0.3) is 10.1 Å². The van der Waals surface area contributed by atoms with E-state index in [-0.39, 0.29) is 17.5 Å². The highest BCUT2D eigenvalue weighted by Gasteiger charge is 2.48. The first-order chi connectivity index (χ1) is 12.0. The van der Waals surface area contributed by atoms with Gasteiger partial charge in [-0.1, -0.05) is 18.2 Å². The van der Waals surface area contributed by atoms with E-state index in [4.69, 9.17) is 4.74 Å². The molecule has 1 N–H and O–H groups in total. The summed E-state index contributed by atoms with van der Waals surface area (Å²) in [6.07, 6.45) is 2.39. The SMILES string of the molecule is COCc1cccc2cc(C(=O)N[C@@H]3C4CCN(CC4)C3(C)C)sc12. The van der Waals surface area contributed by atoms with Gasteiger partial charge < -0.3 is 10.1 Å². The summed E-state index contributed by atoms with van der Waals surface area (Å²) in [5, 5.41) is 4.49. The van der Waals surface area contributed by atoms with Crippen LogP contribution in [-0.2, 0) is 11.3 Å². The smallest absolute Gasteiger partial charge is 0.261 e. The van der Waals surface area contributed by atoms with Crippen molar-refractivity contribution in [1.82, 2.24) is 10.2 Å². The summed E-state index contributed by atoms with van der Waals surface area (Å²) in [5.41, 5.74) is 1.18. The summed E-state index contributed by atoms with van der Waals surface area (Å²) in [6.45, 7) is 7.43. The fourth-order valence-electron chi connectivity index (χ4n) is 4.59. The summed E-state index contributed by atoms with van der Waals surface area (Å²) in [5.74, 6) is 0.666. The van der Waals surface area contributed by atoms with Gasteiger partial charge in [-0.25, -0.2) is 0 Å². The van der Waals surface area contributed by atoms with Crippen LogP contribution in [-0.4, -0.2) is 42.6 Å². The van der Waals surface area contributed by atoms with Gasteiger partial charge in [0, 0.05) is 23.4 Å². The van der Waals surface area contributed by atoms with Gasteiger partial charge in [0.15, 0.2) is 0 Å². The van der Waals surface area contributed by atoms with E-state index in [9.17, 15) is 4.79 Å². The number of nitrogens with one attached hydrogen (secondary N) is 1. The van der Waals surface area contributed by atoms with Crippen molar-refractivity contribution in [3.8, 4) is 0 Å². The molecule has 0 radical (unpaired) electrons. The first-order valence-corrected chi connectivity index (χ1v) is 9.88. The van der Waals surface area contributed by atoms with Crippen molar-refractivity contribution in [2.24, 2.45) is 5.92 Å². The third-order valence-corrected chi connectivity index (χ3v) is 7.25. The van der Waals surface area contributed by atoms with Crippen LogP contribution in [0.3, 0.4) is 0 Å². The Morgan fingerprint density at radius 2 is 2.12 bits per heavy atom. The average molecular weight is 359 g/mol. The number of thiophene rings is 1. The molecule has 1 aromatic heterocycles. The Hall–Kier alpha value is -1.43. The number of nitrogens with zero attached hydrogens (tertiary/aromatic N) is 1. The van der Waals surface area contributed by atoms with Gasteiger partial charge in [-0.2, -0.15) is 0 Å². The van der Waals surface area contributed by atoms with E-state index >= 15 is 0 Å². The third-order valence-electron chi connectivity index (χ3n) is 6.02. The topological polar surface area (TPSA) is 41.6 Å². The molecule has 134 valence electrons. The first-order valence-electron chi connectivity index (χ1n) is 9.07. The summed E-state index contributed by atoms with van der Waals surface area (Å²) in [7, 11) is 1.70. The molecule has 2 aromatic rings. The standard InChI is InChI=1S/C20H26N2O2S/c1-20(2)18(13-7-9-22(20)10-8-13)21-19(23)16-11-14-5-4-6-15(12-24-3)17(14)25-16/h4-6,11,13,18H,7-10,12H2,1-3H3,(H,21,23)/t18-/m1/s1. The molecule has 1 aromatic carbocycles. The molecule has 0 unspecified atom stereocenters. The number of hydrogen-bond donors (Lipinski definition) is 1. The van der Waals surface area contributed by atoms with Crippen molar-refractivity contribution < 1.29 is 9.53 Å². The predicted molar refractivity (Wildman–Crippen MR) is 102 cm³/mol. The predicted octanol–water partition coefficient (Wildman–Crippen LogP) is 3.65. The second-order valence-corrected chi connectivity index (χ2v) is 8.86. The minimum absolute atomic E-state index is 0.0364. The highest BCUT2D eigenvalue weighted by atomic mass is 32.1. The summed E-state index contributed by atoms with van der Waals surface area (Å²) >= 11 is 1.58. The summed E-state index contributed by atoms with van der Waals surface area (Å²) < 4.78 is 6.44. The molecule has 0 aliphatic carbocycles. The molecule has 3 fully saturated rings. The van der Waals surface area contributed by atoms with E-state index in [1.165, 1.54) is 12.8 Å². The number of piperidine rings is 3. The zero-order chi connectivity index (χ0) is 17.6. The van der Waals surface area contributed by atoms with Crippen LogP contribution < -0.4 is 5.32 Å². The van der Waals surface area contributed by atoms with E-state index < -0.39 is 0 Å². The molecule has 1 amide bonds. The molecule has 4 nitrogen and oxygen atoms in total. The minimum atomic E-state index is 0.0364. The Labute approximate surface area is 153 Å². The van der Waals surface area contributed by atoms with E-state index in [1.54, 1.807) is 18.4 Å².